The largest absolute Gasteiger partial charge is 0.748 e. The minimum absolute atomic E-state index is 0.214. The number of hydrogen-bond donors (Lipinski definition) is 3. The minimum Gasteiger partial charge on any atom is -0.748 e. The van der Waals surface area contributed by atoms with Crippen LogP contribution in [0.4, 0.5) is 0 Å². The predicted octanol–water partition coefficient (Wildman–Crippen LogP) is 1.43. The third kappa shape index (κ3) is 10.9. The zero-order valence-electron chi connectivity index (χ0n) is 35.9. The van der Waals surface area contributed by atoms with Crippen LogP contribution in [0.15, 0.2) is 84.9 Å². The molecule has 18 heteroatoms. The van der Waals surface area contributed by atoms with Gasteiger partial charge in [-0.05, 0) is 53.8 Å². The molecular formula is C47H50N6O11S. The fraction of sp³-hybridized carbons (Fsp3) is 0.362. The number of nitrogens with zero attached hydrogens (tertiary/aromatic N) is 3. The van der Waals surface area contributed by atoms with Crippen molar-refractivity contribution in [2.45, 2.75) is 77.2 Å². The zero-order valence-corrected chi connectivity index (χ0v) is 36.7. The summed E-state index contributed by atoms with van der Waals surface area (Å²) in [6.07, 6.45) is 1.67. The van der Waals surface area contributed by atoms with E-state index in [1.165, 1.54) is 20.9 Å². The molecule has 0 saturated carbocycles. The first kappa shape index (κ1) is 45.1. The highest BCUT2D eigenvalue weighted by Gasteiger charge is 2.41. The van der Waals surface area contributed by atoms with Gasteiger partial charge < -0.3 is 28.7 Å². The Morgan fingerprint density at radius 2 is 1.05 bits per heavy atom. The number of fused-ring (bicyclic) bond motifs is 2. The lowest BCUT2D eigenvalue weighted by atomic mass is 10.0. The van der Waals surface area contributed by atoms with Gasteiger partial charge in [0.05, 0.1) is 36.3 Å². The van der Waals surface area contributed by atoms with Crippen molar-refractivity contribution in [1.29, 1.82) is 0 Å². The smallest absolute Gasteiger partial charge is 0.255 e. The number of nitrogens with one attached hydrogen (secondary N) is 3. The van der Waals surface area contributed by atoms with Crippen molar-refractivity contribution in [3.63, 3.8) is 0 Å². The Morgan fingerprint density at radius 1 is 0.631 bits per heavy atom. The van der Waals surface area contributed by atoms with E-state index in [0.717, 1.165) is 61.5 Å². The minimum atomic E-state index is -3.92. The Hall–Kier alpha value is -6.47. The van der Waals surface area contributed by atoms with Crippen LogP contribution in [0.5, 0.6) is 11.5 Å². The summed E-state index contributed by atoms with van der Waals surface area (Å²) >= 11 is 0. The number of piperidine rings is 2. The number of imide groups is 2. The Labute approximate surface area is 376 Å². The number of carbonyl (C=O) groups excluding carboxylic acids is 6. The van der Waals surface area contributed by atoms with E-state index < -0.39 is 34.0 Å². The zero-order chi connectivity index (χ0) is 45.8. The topological polar surface area (TPSA) is 216 Å². The van der Waals surface area contributed by atoms with E-state index in [9.17, 15) is 28.8 Å². The third-order valence-corrected chi connectivity index (χ3v) is 12.3. The van der Waals surface area contributed by atoms with Crippen molar-refractivity contribution in [2.24, 2.45) is 0 Å². The lowest BCUT2D eigenvalue weighted by Gasteiger charge is -2.32. The SMILES string of the molecule is CS(=O)(=O)[O-].O=C1CCC(N2Cc3c(OCc4ccc(CN5CC[NH+](Cc6ccc(COc7cccc8c7CN(C7CCC(=O)NC7=O)C8=O)cc6)CC5)cc4)cccc3C2=O)C(=O)N1. The van der Waals surface area contributed by atoms with E-state index in [2.05, 4.69) is 64.1 Å². The van der Waals surface area contributed by atoms with Crippen LogP contribution in [0.25, 0.3) is 0 Å². The van der Waals surface area contributed by atoms with Gasteiger partial charge in [-0.15, -0.1) is 0 Å². The number of carbonyl (C=O) groups is 6. The fourth-order valence-corrected chi connectivity index (χ4v) is 8.95. The van der Waals surface area contributed by atoms with Crippen LogP contribution in [-0.2, 0) is 68.7 Å². The molecule has 2 unspecified atom stereocenters. The molecule has 4 aromatic carbocycles. The number of piperazine rings is 1. The summed E-state index contributed by atoms with van der Waals surface area (Å²) in [5, 5.41) is 4.70. The van der Waals surface area contributed by atoms with Gasteiger partial charge in [-0.25, -0.2) is 8.42 Å². The van der Waals surface area contributed by atoms with Gasteiger partial charge in [-0.1, -0.05) is 60.7 Å². The van der Waals surface area contributed by atoms with E-state index in [1.54, 1.807) is 29.2 Å². The maximum absolute atomic E-state index is 13.2. The molecule has 2 atom stereocenters. The second kappa shape index (κ2) is 19.3. The molecule has 0 aliphatic carbocycles. The van der Waals surface area contributed by atoms with Crippen molar-refractivity contribution >= 4 is 45.6 Å². The van der Waals surface area contributed by atoms with Gasteiger partial charge in [0.15, 0.2) is 0 Å². The van der Waals surface area contributed by atoms with E-state index >= 15 is 0 Å². The van der Waals surface area contributed by atoms with Gasteiger partial charge >= 0.3 is 0 Å². The summed E-state index contributed by atoms with van der Waals surface area (Å²) in [7, 11) is -3.92. The molecular weight excluding hydrogens is 857 g/mol. The molecule has 0 spiro atoms. The normalized spacial score (nSPS) is 20.2. The highest BCUT2D eigenvalue weighted by atomic mass is 32.2. The lowest BCUT2D eigenvalue weighted by Crippen LogP contribution is -3.13. The molecule has 340 valence electrons. The Balaban J connectivity index is 0.00000109. The van der Waals surface area contributed by atoms with Crippen LogP contribution in [0, 0.1) is 0 Å². The monoisotopic (exact) mass is 906 g/mol. The quantitative estimate of drug-likeness (QED) is 0.136. The third-order valence-electron chi connectivity index (χ3n) is 12.3. The van der Waals surface area contributed by atoms with Crippen LogP contribution < -0.4 is 25.0 Å². The van der Waals surface area contributed by atoms with Gasteiger partial charge in [-0.3, -0.25) is 44.3 Å². The van der Waals surface area contributed by atoms with Gasteiger partial charge in [-0.2, -0.15) is 0 Å². The van der Waals surface area contributed by atoms with Crippen LogP contribution in [0.3, 0.4) is 0 Å². The summed E-state index contributed by atoms with van der Waals surface area (Å²) in [4.78, 5) is 81.7. The Morgan fingerprint density at radius 3 is 1.48 bits per heavy atom. The molecule has 6 amide bonds. The molecule has 17 nitrogen and oxygen atoms in total. The standard InChI is InChI=1S/C46H46N6O8.CH4O3S/c53-41-17-15-37(43(55)47-41)51-25-35-33(45(51)57)3-1-5-39(35)59-27-31-11-7-29(8-12-31)23-49-19-21-50(22-20-49)24-30-9-13-32(14-10-30)28-60-40-6-2-4-34-36(40)26-52(46(34)58)38-16-18-42(54)48-44(38)56;1-5(2,3)4/h1-14,37-38H,15-28H2,(H,47,53,55)(H,48,54,56);1H3,(H,2,3,4). The van der Waals surface area contributed by atoms with Gasteiger partial charge in [0.1, 0.15) is 43.3 Å². The van der Waals surface area contributed by atoms with E-state index in [0.29, 0.717) is 54.9 Å². The predicted molar refractivity (Wildman–Crippen MR) is 232 cm³/mol. The van der Waals surface area contributed by atoms with Crippen LogP contribution in [0.1, 0.15) is 79.8 Å². The van der Waals surface area contributed by atoms with Crippen molar-refractivity contribution in [3.8, 4) is 11.5 Å². The van der Waals surface area contributed by atoms with Crippen LogP contribution in [-0.4, -0.2) is 108 Å². The first-order valence-electron chi connectivity index (χ1n) is 21.6. The molecule has 65 heavy (non-hydrogen) atoms. The molecule has 0 bridgehead atoms. The first-order chi connectivity index (χ1) is 31.2. The summed E-state index contributed by atoms with van der Waals surface area (Å²) in [6.45, 7) is 7.18. The number of benzene rings is 4. The summed E-state index contributed by atoms with van der Waals surface area (Å²) in [5.74, 6) is -0.652. The van der Waals surface area contributed by atoms with Crippen molar-refractivity contribution in [2.75, 3.05) is 32.4 Å². The Kier molecular flexibility index (Phi) is 13.4. The molecule has 3 saturated heterocycles. The van der Waals surface area contributed by atoms with E-state index in [1.807, 2.05) is 12.1 Å². The summed E-state index contributed by atoms with van der Waals surface area (Å²) in [5.41, 5.74) is 7.16. The molecule has 0 aromatic heterocycles. The van der Waals surface area contributed by atoms with E-state index in [4.69, 9.17) is 22.4 Å². The first-order valence-corrected chi connectivity index (χ1v) is 23.4. The average Bonchev–Trinajstić information content (AvgIpc) is 3.79. The molecule has 5 heterocycles. The Bertz CT molecular complexity index is 2440. The number of amides is 6. The van der Waals surface area contributed by atoms with Gasteiger partial charge in [0, 0.05) is 66.5 Å². The lowest BCUT2D eigenvalue weighted by molar-refractivity contribution is -0.918. The molecule has 3 fully saturated rings. The number of ether oxygens (including phenoxy) is 2. The fourth-order valence-electron chi connectivity index (χ4n) is 8.95. The molecule has 3 N–H and O–H groups in total. The molecule has 5 aliphatic rings. The van der Waals surface area contributed by atoms with Gasteiger partial charge in [0.2, 0.25) is 23.6 Å². The van der Waals surface area contributed by atoms with Crippen molar-refractivity contribution < 1.29 is 56.1 Å². The molecule has 9 rings (SSSR count). The van der Waals surface area contributed by atoms with Crippen LogP contribution >= 0.6 is 0 Å². The second-order valence-corrected chi connectivity index (χ2v) is 18.4. The maximum atomic E-state index is 13.2. The molecule has 0 radical (unpaired) electrons. The highest BCUT2D eigenvalue weighted by molar-refractivity contribution is 7.84. The van der Waals surface area contributed by atoms with Crippen LogP contribution in [0.2, 0.25) is 0 Å². The number of hydrogen-bond acceptors (Lipinski definition) is 12. The van der Waals surface area contributed by atoms with Crippen molar-refractivity contribution in [3.05, 3.63) is 129 Å². The van der Waals surface area contributed by atoms with Crippen molar-refractivity contribution in [1.82, 2.24) is 25.3 Å². The molecule has 5 aliphatic heterocycles. The number of quaternary nitrogens is 1. The summed E-state index contributed by atoms with van der Waals surface area (Å²) in [6, 6.07) is 26.5. The number of rotatable bonds is 12. The molecule has 4 aromatic rings. The second-order valence-electron chi connectivity index (χ2n) is 17.0. The average molecular weight is 907 g/mol. The summed E-state index contributed by atoms with van der Waals surface area (Å²) < 4.78 is 39.7. The maximum Gasteiger partial charge on any atom is 0.255 e. The highest BCUT2D eigenvalue weighted by Crippen LogP contribution is 2.35. The van der Waals surface area contributed by atoms with E-state index in [-0.39, 0.29) is 49.6 Å². The van der Waals surface area contributed by atoms with Gasteiger partial charge in [0.25, 0.3) is 11.8 Å².